The molecule has 2 aromatic heterocycles. The number of nitrogens with zero attached hydrogens (tertiary/aromatic N) is 2. The molecule has 0 radical (unpaired) electrons. The summed E-state index contributed by atoms with van der Waals surface area (Å²) in [5.74, 6) is 1.61. The summed E-state index contributed by atoms with van der Waals surface area (Å²) in [6.07, 6.45) is 1.54. The van der Waals surface area contributed by atoms with Crippen LogP contribution in [0, 0.1) is 6.92 Å². The van der Waals surface area contributed by atoms with Crippen molar-refractivity contribution in [1.82, 2.24) is 9.97 Å². The van der Waals surface area contributed by atoms with Crippen LogP contribution in [0.15, 0.2) is 23.8 Å². The van der Waals surface area contributed by atoms with E-state index in [9.17, 15) is 0 Å². The van der Waals surface area contributed by atoms with E-state index in [-0.39, 0.29) is 0 Å². The molecule has 0 aromatic carbocycles. The van der Waals surface area contributed by atoms with Crippen LogP contribution in [0.1, 0.15) is 5.56 Å². The average Bonchev–Trinajstić information content (AvgIpc) is 2.65. The van der Waals surface area contributed by atoms with Gasteiger partial charge in [0.1, 0.15) is 18.0 Å². The molecule has 5 heteroatoms. The molecule has 0 amide bonds. The Labute approximate surface area is 92.4 Å². The summed E-state index contributed by atoms with van der Waals surface area (Å²) in [4.78, 5) is 8.20. The van der Waals surface area contributed by atoms with E-state index in [2.05, 4.69) is 39.0 Å². The number of hydrogen-bond acceptors (Lipinski definition) is 5. The second-order valence-corrected chi connectivity index (χ2v) is 4.01. The van der Waals surface area contributed by atoms with Crippen molar-refractivity contribution in [3.8, 4) is 0 Å². The second kappa shape index (κ2) is 4.27. The summed E-state index contributed by atoms with van der Waals surface area (Å²) >= 11 is 1.67. The third-order valence-corrected chi connectivity index (χ3v) is 2.96. The van der Waals surface area contributed by atoms with Gasteiger partial charge in [-0.1, -0.05) is 0 Å². The highest BCUT2D eigenvalue weighted by atomic mass is 32.1. The molecule has 15 heavy (non-hydrogen) atoms. The van der Waals surface area contributed by atoms with E-state index in [4.69, 9.17) is 0 Å². The molecule has 0 spiro atoms. The van der Waals surface area contributed by atoms with Gasteiger partial charge >= 0.3 is 0 Å². The van der Waals surface area contributed by atoms with Gasteiger partial charge in [-0.2, -0.15) is 0 Å². The molecule has 0 aliphatic heterocycles. The molecule has 0 unspecified atom stereocenters. The van der Waals surface area contributed by atoms with Gasteiger partial charge in [-0.15, -0.1) is 11.3 Å². The first-order valence-corrected chi connectivity index (χ1v) is 5.48. The number of anilines is 3. The van der Waals surface area contributed by atoms with Crippen molar-refractivity contribution in [3.63, 3.8) is 0 Å². The molecular formula is C10H12N4S. The lowest BCUT2D eigenvalue weighted by molar-refractivity contribution is 1.16. The van der Waals surface area contributed by atoms with Crippen LogP contribution in [0.3, 0.4) is 0 Å². The Kier molecular flexibility index (Phi) is 2.82. The van der Waals surface area contributed by atoms with Crippen LogP contribution in [0.4, 0.5) is 16.6 Å². The van der Waals surface area contributed by atoms with Gasteiger partial charge in [0.05, 0.1) is 5.00 Å². The zero-order chi connectivity index (χ0) is 10.7. The van der Waals surface area contributed by atoms with Crippen LogP contribution in [0.2, 0.25) is 0 Å². The largest absolute Gasteiger partial charge is 0.373 e. The topological polar surface area (TPSA) is 49.8 Å². The first-order valence-electron chi connectivity index (χ1n) is 4.60. The first kappa shape index (κ1) is 9.92. The van der Waals surface area contributed by atoms with Crippen molar-refractivity contribution in [1.29, 1.82) is 0 Å². The second-order valence-electron chi connectivity index (χ2n) is 3.10. The fraction of sp³-hybridized carbons (Fsp3) is 0.200. The number of aryl methyl sites for hydroxylation is 1. The maximum absolute atomic E-state index is 4.15. The van der Waals surface area contributed by atoms with Gasteiger partial charge in [0.2, 0.25) is 0 Å². The molecule has 4 nitrogen and oxygen atoms in total. The number of rotatable bonds is 3. The minimum Gasteiger partial charge on any atom is -0.373 e. The molecule has 0 fully saturated rings. The predicted octanol–water partition coefficient (Wildman–Crippen LogP) is 2.63. The zero-order valence-corrected chi connectivity index (χ0v) is 9.43. The third kappa shape index (κ3) is 2.24. The Balaban J connectivity index is 2.21. The SMILES string of the molecule is CNc1cc(Nc2sccc2C)ncn1. The van der Waals surface area contributed by atoms with Crippen LogP contribution >= 0.6 is 11.3 Å². The van der Waals surface area contributed by atoms with Crippen molar-refractivity contribution in [2.45, 2.75) is 6.92 Å². The van der Waals surface area contributed by atoms with Gasteiger partial charge in [-0.3, -0.25) is 0 Å². The molecule has 0 saturated carbocycles. The van der Waals surface area contributed by atoms with Crippen molar-refractivity contribution in [3.05, 3.63) is 29.4 Å². The van der Waals surface area contributed by atoms with Crippen LogP contribution in [-0.2, 0) is 0 Å². The molecule has 0 atom stereocenters. The number of hydrogen-bond donors (Lipinski definition) is 2. The maximum atomic E-state index is 4.15. The van der Waals surface area contributed by atoms with Crippen LogP contribution in [0.5, 0.6) is 0 Å². The lowest BCUT2D eigenvalue weighted by Gasteiger charge is -2.05. The summed E-state index contributed by atoms with van der Waals surface area (Å²) in [6, 6.07) is 3.95. The molecule has 2 rings (SSSR count). The highest BCUT2D eigenvalue weighted by Crippen LogP contribution is 2.25. The Bertz CT molecular complexity index is 452. The smallest absolute Gasteiger partial charge is 0.136 e. The van der Waals surface area contributed by atoms with E-state index in [0.717, 1.165) is 16.6 Å². The first-order chi connectivity index (χ1) is 7.29. The van der Waals surface area contributed by atoms with Crippen molar-refractivity contribution in [2.75, 3.05) is 17.7 Å². The van der Waals surface area contributed by atoms with Gasteiger partial charge in [0.15, 0.2) is 0 Å². The summed E-state index contributed by atoms with van der Waals surface area (Å²) in [5, 5.41) is 9.40. The summed E-state index contributed by atoms with van der Waals surface area (Å²) in [6.45, 7) is 2.07. The monoisotopic (exact) mass is 220 g/mol. The normalized spacial score (nSPS) is 10.0. The molecule has 0 aliphatic carbocycles. The minimum atomic E-state index is 0.805. The van der Waals surface area contributed by atoms with Crippen LogP contribution in [0.25, 0.3) is 0 Å². The van der Waals surface area contributed by atoms with E-state index >= 15 is 0 Å². The highest BCUT2D eigenvalue weighted by Gasteiger charge is 2.01. The lowest BCUT2D eigenvalue weighted by atomic mass is 10.3. The summed E-state index contributed by atoms with van der Waals surface area (Å²) in [5.41, 5.74) is 1.23. The molecule has 2 N–H and O–H groups in total. The lowest BCUT2D eigenvalue weighted by Crippen LogP contribution is -1.97. The van der Waals surface area contributed by atoms with E-state index in [0.29, 0.717) is 0 Å². The number of thiophene rings is 1. The van der Waals surface area contributed by atoms with Gasteiger partial charge < -0.3 is 10.6 Å². The molecule has 0 bridgehead atoms. The quantitative estimate of drug-likeness (QED) is 0.835. The number of aromatic nitrogens is 2. The molecule has 2 aromatic rings. The van der Waals surface area contributed by atoms with Crippen molar-refractivity contribution >= 4 is 28.0 Å². The van der Waals surface area contributed by atoms with Crippen LogP contribution in [-0.4, -0.2) is 17.0 Å². The molecule has 0 aliphatic rings. The molecule has 78 valence electrons. The molecule has 0 saturated heterocycles. The summed E-state index contributed by atoms with van der Waals surface area (Å²) in [7, 11) is 1.84. The number of nitrogens with one attached hydrogen (secondary N) is 2. The fourth-order valence-electron chi connectivity index (χ4n) is 1.18. The van der Waals surface area contributed by atoms with E-state index in [1.807, 2.05) is 13.1 Å². The highest BCUT2D eigenvalue weighted by molar-refractivity contribution is 7.14. The Hall–Kier alpha value is -1.62. The van der Waals surface area contributed by atoms with E-state index < -0.39 is 0 Å². The Morgan fingerprint density at radius 1 is 1.27 bits per heavy atom. The van der Waals surface area contributed by atoms with Crippen molar-refractivity contribution in [2.24, 2.45) is 0 Å². The van der Waals surface area contributed by atoms with E-state index in [1.165, 1.54) is 11.9 Å². The van der Waals surface area contributed by atoms with Gasteiger partial charge in [-0.25, -0.2) is 9.97 Å². The van der Waals surface area contributed by atoms with Crippen LogP contribution < -0.4 is 10.6 Å². The fourth-order valence-corrected chi connectivity index (χ4v) is 2.01. The third-order valence-electron chi connectivity index (χ3n) is 2.03. The molecule has 2 heterocycles. The van der Waals surface area contributed by atoms with Gasteiger partial charge in [0.25, 0.3) is 0 Å². The Morgan fingerprint density at radius 2 is 2.07 bits per heavy atom. The predicted molar refractivity (Wildman–Crippen MR) is 63.9 cm³/mol. The van der Waals surface area contributed by atoms with Gasteiger partial charge in [0, 0.05) is 13.1 Å². The average molecular weight is 220 g/mol. The van der Waals surface area contributed by atoms with Crippen molar-refractivity contribution < 1.29 is 0 Å². The minimum absolute atomic E-state index is 0.805. The zero-order valence-electron chi connectivity index (χ0n) is 8.61. The maximum Gasteiger partial charge on any atom is 0.136 e. The van der Waals surface area contributed by atoms with E-state index in [1.54, 1.807) is 11.3 Å². The molecular weight excluding hydrogens is 208 g/mol. The van der Waals surface area contributed by atoms with Gasteiger partial charge in [-0.05, 0) is 23.9 Å². The summed E-state index contributed by atoms with van der Waals surface area (Å²) < 4.78 is 0. The Morgan fingerprint density at radius 3 is 2.73 bits per heavy atom. The standard InChI is InChI=1S/C10H12N4S/c1-7-3-4-15-10(7)14-9-5-8(11-2)12-6-13-9/h3-6H,1-2H3,(H2,11,12,13,14).